The number of rotatable bonds is 2. The van der Waals surface area contributed by atoms with Gasteiger partial charge in [0.2, 0.25) is 0 Å². The lowest BCUT2D eigenvalue weighted by molar-refractivity contribution is 0.0764. The SMILES string of the molecule is CC(C)(N)c1ccccc1C(C)(C)O. The Bertz CT molecular complexity index is 285. The van der Waals surface area contributed by atoms with Crippen molar-refractivity contribution in [1.82, 2.24) is 0 Å². The van der Waals surface area contributed by atoms with Crippen LogP contribution >= 0.6 is 0 Å². The van der Waals surface area contributed by atoms with Crippen molar-refractivity contribution in [3.05, 3.63) is 35.4 Å². The minimum absolute atomic E-state index is 0.420. The summed E-state index contributed by atoms with van der Waals surface area (Å²) in [5, 5.41) is 9.98. The number of aliphatic hydroxyl groups is 1. The van der Waals surface area contributed by atoms with E-state index in [1.807, 2.05) is 38.1 Å². The molecular weight excluding hydrogens is 174 g/mol. The molecule has 2 heteroatoms. The summed E-state index contributed by atoms with van der Waals surface area (Å²) in [5.41, 5.74) is 6.67. The number of hydrogen-bond donors (Lipinski definition) is 2. The van der Waals surface area contributed by atoms with E-state index in [9.17, 15) is 5.11 Å². The van der Waals surface area contributed by atoms with Crippen LogP contribution in [0.1, 0.15) is 38.8 Å². The van der Waals surface area contributed by atoms with E-state index >= 15 is 0 Å². The molecule has 14 heavy (non-hydrogen) atoms. The van der Waals surface area contributed by atoms with Crippen molar-refractivity contribution in [1.29, 1.82) is 0 Å². The monoisotopic (exact) mass is 193 g/mol. The summed E-state index contributed by atoms with van der Waals surface area (Å²) >= 11 is 0. The molecule has 0 spiro atoms. The van der Waals surface area contributed by atoms with Gasteiger partial charge in [0, 0.05) is 5.54 Å². The van der Waals surface area contributed by atoms with Crippen LogP contribution in [0.4, 0.5) is 0 Å². The van der Waals surface area contributed by atoms with Crippen LogP contribution in [0.3, 0.4) is 0 Å². The zero-order valence-electron chi connectivity index (χ0n) is 9.33. The van der Waals surface area contributed by atoms with Crippen molar-refractivity contribution in [2.45, 2.75) is 38.8 Å². The molecule has 0 radical (unpaired) electrons. The molecule has 0 bridgehead atoms. The Morgan fingerprint density at radius 1 is 1.00 bits per heavy atom. The number of nitrogens with two attached hydrogens (primary N) is 1. The quantitative estimate of drug-likeness (QED) is 0.755. The van der Waals surface area contributed by atoms with E-state index in [-0.39, 0.29) is 0 Å². The third-order valence-corrected chi connectivity index (χ3v) is 2.28. The fraction of sp³-hybridized carbons (Fsp3) is 0.500. The first kappa shape index (κ1) is 11.2. The maximum Gasteiger partial charge on any atom is 0.0843 e. The van der Waals surface area contributed by atoms with Gasteiger partial charge in [0.1, 0.15) is 0 Å². The normalized spacial score (nSPS) is 13.0. The molecule has 1 aromatic rings. The predicted molar refractivity (Wildman–Crippen MR) is 58.9 cm³/mol. The largest absolute Gasteiger partial charge is 0.386 e. The van der Waals surface area contributed by atoms with Crippen LogP contribution in [0.25, 0.3) is 0 Å². The van der Waals surface area contributed by atoms with Crippen LogP contribution in [-0.2, 0) is 11.1 Å². The Labute approximate surface area is 85.8 Å². The topological polar surface area (TPSA) is 46.2 Å². The highest BCUT2D eigenvalue weighted by Gasteiger charge is 2.25. The molecule has 3 N–H and O–H groups in total. The van der Waals surface area contributed by atoms with E-state index in [0.717, 1.165) is 11.1 Å². The van der Waals surface area contributed by atoms with Gasteiger partial charge in [-0.2, -0.15) is 0 Å². The van der Waals surface area contributed by atoms with E-state index in [4.69, 9.17) is 5.73 Å². The Balaban J connectivity index is 3.31. The lowest BCUT2D eigenvalue weighted by Gasteiger charge is -2.28. The maximum atomic E-state index is 9.98. The second-order valence-corrected chi connectivity index (χ2v) is 4.83. The second kappa shape index (κ2) is 3.37. The Morgan fingerprint density at radius 2 is 1.43 bits per heavy atom. The molecule has 1 rings (SSSR count). The first-order chi connectivity index (χ1) is 6.23. The zero-order valence-corrected chi connectivity index (χ0v) is 9.33. The lowest BCUT2D eigenvalue weighted by atomic mass is 9.84. The van der Waals surface area contributed by atoms with E-state index in [0.29, 0.717) is 0 Å². The molecule has 0 atom stereocenters. The van der Waals surface area contributed by atoms with E-state index in [1.54, 1.807) is 13.8 Å². The van der Waals surface area contributed by atoms with Crippen LogP contribution < -0.4 is 5.73 Å². The van der Waals surface area contributed by atoms with Crippen LogP contribution in [0, 0.1) is 0 Å². The summed E-state index contributed by atoms with van der Waals surface area (Å²) in [6, 6.07) is 7.75. The van der Waals surface area contributed by atoms with Gasteiger partial charge in [-0.1, -0.05) is 24.3 Å². The predicted octanol–water partition coefficient (Wildman–Crippen LogP) is 2.11. The summed E-state index contributed by atoms with van der Waals surface area (Å²) < 4.78 is 0. The molecular formula is C12H19NO. The average molecular weight is 193 g/mol. The van der Waals surface area contributed by atoms with Crippen LogP contribution in [0.15, 0.2) is 24.3 Å². The summed E-state index contributed by atoms with van der Waals surface area (Å²) in [6.45, 7) is 7.43. The third-order valence-electron chi connectivity index (χ3n) is 2.28. The van der Waals surface area contributed by atoms with Crippen LogP contribution in [0.5, 0.6) is 0 Å². The molecule has 0 aliphatic heterocycles. The van der Waals surface area contributed by atoms with Crippen molar-refractivity contribution in [3.8, 4) is 0 Å². The molecule has 0 aliphatic carbocycles. The minimum atomic E-state index is -0.840. The third kappa shape index (κ3) is 2.34. The number of hydrogen-bond acceptors (Lipinski definition) is 2. The van der Waals surface area contributed by atoms with Crippen LogP contribution in [-0.4, -0.2) is 5.11 Å². The molecule has 0 unspecified atom stereocenters. The molecule has 2 nitrogen and oxygen atoms in total. The van der Waals surface area contributed by atoms with E-state index in [1.165, 1.54) is 0 Å². The summed E-state index contributed by atoms with van der Waals surface area (Å²) in [6.07, 6.45) is 0. The van der Waals surface area contributed by atoms with Gasteiger partial charge in [-0.3, -0.25) is 0 Å². The molecule has 1 aromatic carbocycles. The minimum Gasteiger partial charge on any atom is -0.386 e. The van der Waals surface area contributed by atoms with E-state index < -0.39 is 11.1 Å². The molecule has 0 aliphatic rings. The maximum absolute atomic E-state index is 9.98. The van der Waals surface area contributed by atoms with Crippen molar-refractivity contribution >= 4 is 0 Å². The van der Waals surface area contributed by atoms with Gasteiger partial charge in [0.05, 0.1) is 5.60 Å². The highest BCUT2D eigenvalue weighted by molar-refractivity contribution is 5.35. The number of benzene rings is 1. The smallest absolute Gasteiger partial charge is 0.0843 e. The average Bonchev–Trinajstić information content (AvgIpc) is 2.01. The standard InChI is InChI=1S/C12H19NO/c1-11(2,13)9-7-5-6-8-10(9)12(3,4)14/h5-8,14H,13H2,1-4H3. The Kier molecular flexibility index (Phi) is 2.70. The first-order valence-corrected chi connectivity index (χ1v) is 4.84. The van der Waals surface area contributed by atoms with Crippen LogP contribution in [0.2, 0.25) is 0 Å². The summed E-state index contributed by atoms with van der Waals surface area (Å²) in [5.74, 6) is 0. The van der Waals surface area contributed by atoms with Gasteiger partial charge in [-0.25, -0.2) is 0 Å². The Hall–Kier alpha value is -0.860. The summed E-state index contributed by atoms with van der Waals surface area (Å²) in [7, 11) is 0. The fourth-order valence-electron chi connectivity index (χ4n) is 1.58. The molecule has 78 valence electrons. The van der Waals surface area contributed by atoms with Gasteiger partial charge in [-0.05, 0) is 38.8 Å². The fourth-order valence-corrected chi connectivity index (χ4v) is 1.58. The molecule has 0 aromatic heterocycles. The van der Waals surface area contributed by atoms with Crippen molar-refractivity contribution in [2.24, 2.45) is 5.73 Å². The van der Waals surface area contributed by atoms with Gasteiger partial charge >= 0.3 is 0 Å². The van der Waals surface area contributed by atoms with E-state index in [2.05, 4.69) is 0 Å². The molecule has 0 heterocycles. The molecule has 0 fully saturated rings. The second-order valence-electron chi connectivity index (χ2n) is 4.83. The van der Waals surface area contributed by atoms with Gasteiger partial charge in [-0.15, -0.1) is 0 Å². The molecule has 0 amide bonds. The van der Waals surface area contributed by atoms with Crippen molar-refractivity contribution in [3.63, 3.8) is 0 Å². The van der Waals surface area contributed by atoms with Gasteiger partial charge in [0.15, 0.2) is 0 Å². The van der Waals surface area contributed by atoms with Crippen molar-refractivity contribution in [2.75, 3.05) is 0 Å². The first-order valence-electron chi connectivity index (χ1n) is 4.84. The molecule has 0 saturated heterocycles. The zero-order chi connectivity index (χ0) is 11.0. The molecule has 0 saturated carbocycles. The van der Waals surface area contributed by atoms with Crippen molar-refractivity contribution < 1.29 is 5.11 Å². The highest BCUT2D eigenvalue weighted by atomic mass is 16.3. The van der Waals surface area contributed by atoms with Gasteiger partial charge < -0.3 is 10.8 Å². The van der Waals surface area contributed by atoms with Gasteiger partial charge in [0.25, 0.3) is 0 Å². The Morgan fingerprint density at radius 3 is 1.71 bits per heavy atom. The highest BCUT2D eigenvalue weighted by Crippen LogP contribution is 2.29. The summed E-state index contributed by atoms with van der Waals surface area (Å²) in [4.78, 5) is 0. The lowest BCUT2D eigenvalue weighted by Crippen LogP contribution is -2.33.